The van der Waals surface area contributed by atoms with Gasteiger partial charge in [0.15, 0.2) is 0 Å². The topological polar surface area (TPSA) is 94.0 Å². The van der Waals surface area contributed by atoms with Gasteiger partial charge in [-0.05, 0) is 62.4 Å². The van der Waals surface area contributed by atoms with Gasteiger partial charge in [-0.25, -0.2) is 0 Å². The molecule has 2 amide bonds. The van der Waals surface area contributed by atoms with E-state index < -0.39 is 6.04 Å². The van der Waals surface area contributed by atoms with Crippen molar-refractivity contribution >= 4 is 39.5 Å². The normalized spacial score (nSPS) is 14.2. The lowest BCUT2D eigenvalue weighted by atomic mass is 10.1. The van der Waals surface area contributed by atoms with Gasteiger partial charge in [0.05, 0.1) is 5.56 Å². The lowest BCUT2D eigenvalue weighted by Gasteiger charge is -2.15. The minimum Gasteiger partial charge on any atom is -0.374 e. The summed E-state index contributed by atoms with van der Waals surface area (Å²) in [4.78, 5) is 25.7. The van der Waals surface area contributed by atoms with Gasteiger partial charge in [0, 0.05) is 22.2 Å². The molecule has 1 atom stereocenters. The molecule has 158 valence electrons. The van der Waals surface area contributed by atoms with Crippen molar-refractivity contribution in [3.05, 3.63) is 40.3 Å². The number of aryl methyl sites for hydroxylation is 1. The number of carbonyl (C=O) groups is 2. The third kappa shape index (κ3) is 5.19. The molecule has 30 heavy (non-hydrogen) atoms. The van der Waals surface area contributed by atoms with Crippen molar-refractivity contribution in [2.75, 3.05) is 16.0 Å². The summed E-state index contributed by atoms with van der Waals surface area (Å²) in [5, 5.41) is 19.2. The van der Waals surface area contributed by atoms with Crippen LogP contribution in [0.15, 0.2) is 24.3 Å². The van der Waals surface area contributed by atoms with Crippen molar-refractivity contribution in [3.8, 4) is 6.07 Å². The predicted octanol–water partition coefficient (Wildman–Crippen LogP) is 4.92. The van der Waals surface area contributed by atoms with E-state index in [0.717, 1.165) is 42.6 Å². The number of anilines is 3. The number of benzene rings is 1. The Kier molecular flexibility index (Phi) is 7.11. The van der Waals surface area contributed by atoms with Crippen molar-refractivity contribution in [2.24, 2.45) is 5.92 Å². The molecule has 0 aliphatic heterocycles. The molecule has 2 aromatic rings. The molecule has 0 saturated heterocycles. The van der Waals surface area contributed by atoms with E-state index in [1.807, 2.05) is 26.0 Å². The van der Waals surface area contributed by atoms with Gasteiger partial charge < -0.3 is 16.0 Å². The SMILES string of the molecule is CC(C)C(=O)Nc1ccc(N[C@@H](C)C(=O)Nc2sc3c(c2C#N)CCCCC3)cc1. The predicted molar refractivity (Wildman–Crippen MR) is 122 cm³/mol. The Hall–Kier alpha value is -2.85. The highest BCUT2D eigenvalue weighted by molar-refractivity contribution is 7.16. The summed E-state index contributed by atoms with van der Waals surface area (Å²) in [6.07, 6.45) is 5.32. The smallest absolute Gasteiger partial charge is 0.247 e. The van der Waals surface area contributed by atoms with Gasteiger partial charge in [-0.3, -0.25) is 9.59 Å². The molecule has 0 saturated carbocycles. The molecule has 1 heterocycles. The molecular formula is C23H28N4O2S. The van der Waals surface area contributed by atoms with Crippen LogP contribution in [0, 0.1) is 17.2 Å². The highest BCUT2D eigenvalue weighted by Crippen LogP contribution is 2.37. The zero-order chi connectivity index (χ0) is 21.7. The number of amides is 2. The Balaban J connectivity index is 1.63. The number of carbonyl (C=O) groups excluding carboxylic acids is 2. The van der Waals surface area contributed by atoms with E-state index in [-0.39, 0.29) is 17.7 Å². The van der Waals surface area contributed by atoms with E-state index in [1.54, 1.807) is 19.1 Å². The number of fused-ring (bicyclic) bond motifs is 1. The molecule has 0 radical (unpaired) electrons. The van der Waals surface area contributed by atoms with Gasteiger partial charge in [-0.1, -0.05) is 20.3 Å². The van der Waals surface area contributed by atoms with Gasteiger partial charge in [0.2, 0.25) is 11.8 Å². The van der Waals surface area contributed by atoms with Crippen LogP contribution in [-0.2, 0) is 22.4 Å². The quantitative estimate of drug-likeness (QED) is 0.574. The summed E-state index contributed by atoms with van der Waals surface area (Å²) in [5.74, 6) is -0.302. The van der Waals surface area contributed by atoms with Crippen molar-refractivity contribution in [1.29, 1.82) is 5.26 Å². The molecule has 7 heteroatoms. The zero-order valence-electron chi connectivity index (χ0n) is 17.7. The van der Waals surface area contributed by atoms with Crippen LogP contribution < -0.4 is 16.0 Å². The van der Waals surface area contributed by atoms with E-state index in [2.05, 4.69) is 22.0 Å². The van der Waals surface area contributed by atoms with Crippen LogP contribution >= 0.6 is 11.3 Å². The third-order valence-electron chi connectivity index (χ3n) is 5.22. The Labute approximate surface area is 181 Å². The number of thiophene rings is 1. The summed E-state index contributed by atoms with van der Waals surface area (Å²) in [6.45, 7) is 5.47. The minimum atomic E-state index is -0.477. The van der Waals surface area contributed by atoms with Crippen LogP contribution in [0.4, 0.5) is 16.4 Å². The van der Waals surface area contributed by atoms with Gasteiger partial charge in [-0.2, -0.15) is 5.26 Å². The van der Waals surface area contributed by atoms with E-state index in [4.69, 9.17) is 0 Å². The number of hydrogen-bond donors (Lipinski definition) is 3. The Bertz CT molecular complexity index is 957. The van der Waals surface area contributed by atoms with E-state index in [0.29, 0.717) is 10.6 Å². The van der Waals surface area contributed by atoms with Crippen molar-refractivity contribution in [3.63, 3.8) is 0 Å². The molecule has 0 bridgehead atoms. The molecular weight excluding hydrogens is 396 g/mol. The Morgan fingerprint density at radius 3 is 2.30 bits per heavy atom. The standard InChI is InChI=1S/C23H28N4O2S/c1-14(2)21(28)26-17-11-9-16(10-12-17)25-15(3)22(29)27-23-19(13-24)18-7-5-4-6-8-20(18)30-23/h9-12,14-15,25H,4-8H2,1-3H3,(H,26,28)(H,27,29)/t15-/m0/s1. The summed E-state index contributed by atoms with van der Waals surface area (Å²) < 4.78 is 0. The first-order chi connectivity index (χ1) is 14.4. The Morgan fingerprint density at radius 2 is 1.63 bits per heavy atom. The van der Waals surface area contributed by atoms with Crippen LogP contribution in [0.1, 0.15) is 56.0 Å². The average molecular weight is 425 g/mol. The maximum atomic E-state index is 12.7. The molecule has 0 spiro atoms. The van der Waals surface area contributed by atoms with Crippen molar-refractivity contribution in [2.45, 2.75) is 58.9 Å². The van der Waals surface area contributed by atoms with E-state index in [9.17, 15) is 14.9 Å². The fourth-order valence-corrected chi connectivity index (χ4v) is 4.66. The first-order valence-electron chi connectivity index (χ1n) is 10.4. The summed E-state index contributed by atoms with van der Waals surface area (Å²) in [5.41, 5.74) is 3.25. The lowest BCUT2D eigenvalue weighted by Crippen LogP contribution is -2.31. The minimum absolute atomic E-state index is 0.0360. The van der Waals surface area contributed by atoms with Crippen molar-refractivity contribution < 1.29 is 9.59 Å². The fraction of sp³-hybridized carbons (Fsp3) is 0.435. The molecule has 1 aromatic carbocycles. The number of hydrogen-bond acceptors (Lipinski definition) is 5. The van der Waals surface area contributed by atoms with Crippen LogP contribution in [0.3, 0.4) is 0 Å². The van der Waals surface area contributed by atoms with Gasteiger partial charge in [-0.15, -0.1) is 11.3 Å². The highest BCUT2D eigenvalue weighted by Gasteiger charge is 2.22. The largest absolute Gasteiger partial charge is 0.374 e. The summed E-state index contributed by atoms with van der Waals surface area (Å²) in [6, 6.07) is 9.08. The van der Waals surface area contributed by atoms with E-state index in [1.165, 1.54) is 22.6 Å². The number of nitriles is 1. The molecule has 1 aromatic heterocycles. The van der Waals surface area contributed by atoms with Gasteiger partial charge in [0.1, 0.15) is 17.1 Å². The van der Waals surface area contributed by atoms with Gasteiger partial charge >= 0.3 is 0 Å². The second-order valence-electron chi connectivity index (χ2n) is 7.96. The maximum Gasteiger partial charge on any atom is 0.247 e. The van der Waals surface area contributed by atoms with Gasteiger partial charge in [0.25, 0.3) is 0 Å². The monoisotopic (exact) mass is 424 g/mol. The summed E-state index contributed by atoms with van der Waals surface area (Å²) in [7, 11) is 0. The molecule has 1 aliphatic carbocycles. The van der Waals surface area contributed by atoms with E-state index >= 15 is 0 Å². The number of nitrogens with one attached hydrogen (secondary N) is 3. The second-order valence-corrected chi connectivity index (χ2v) is 9.06. The fourth-order valence-electron chi connectivity index (χ4n) is 3.42. The Morgan fingerprint density at radius 1 is 0.967 bits per heavy atom. The second kappa shape index (κ2) is 9.77. The van der Waals surface area contributed by atoms with Crippen molar-refractivity contribution in [1.82, 2.24) is 0 Å². The first-order valence-corrected chi connectivity index (χ1v) is 11.2. The first kappa shape index (κ1) is 21.8. The van der Waals surface area contributed by atoms with Crippen LogP contribution in [-0.4, -0.2) is 17.9 Å². The molecule has 1 aliphatic rings. The molecule has 6 nitrogen and oxygen atoms in total. The third-order valence-corrected chi connectivity index (χ3v) is 6.43. The van der Waals surface area contributed by atoms with Crippen LogP contribution in [0.25, 0.3) is 0 Å². The average Bonchev–Trinajstić information content (AvgIpc) is 2.88. The molecule has 0 unspecified atom stereocenters. The lowest BCUT2D eigenvalue weighted by molar-refractivity contribution is -0.119. The summed E-state index contributed by atoms with van der Waals surface area (Å²) >= 11 is 1.54. The molecule has 3 N–H and O–H groups in total. The van der Waals surface area contributed by atoms with Crippen LogP contribution in [0.5, 0.6) is 0 Å². The number of nitrogens with zero attached hydrogens (tertiary/aromatic N) is 1. The molecule has 3 rings (SSSR count). The number of rotatable bonds is 6. The zero-order valence-corrected chi connectivity index (χ0v) is 18.5. The molecule has 0 fully saturated rings. The maximum absolute atomic E-state index is 12.7. The van der Waals surface area contributed by atoms with Crippen LogP contribution in [0.2, 0.25) is 0 Å². The highest BCUT2D eigenvalue weighted by atomic mass is 32.1.